The van der Waals surface area contributed by atoms with Crippen molar-refractivity contribution in [3.63, 3.8) is 0 Å². The third-order valence-electron chi connectivity index (χ3n) is 1.24. The number of esters is 1. The zero-order valence-electron chi connectivity index (χ0n) is 7.00. The van der Waals surface area contributed by atoms with E-state index in [-0.39, 0.29) is 24.4 Å². The first-order chi connectivity index (χ1) is 5.57. The molecule has 0 fully saturated rings. The Balaban J connectivity index is 3.61. The third-order valence-corrected chi connectivity index (χ3v) is 1.24. The molecule has 1 N–H and O–H groups in total. The van der Waals surface area contributed by atoms with Crippen molar-refractivity contribution in [1.82, 2.24) is 0 Å². The average Bonchev–Trinajstić information content (AvgIpc) is 2.00. The van der Waals surface area contributed by atoms with Crippen molar-refractivity contribution in [2.75, 3.05) is 6.61 Å². The lowest BCUT2D eigenvalue weighted by Crippen LogP contribution is -2.06. The van der Waals surface area contributed by atoms with Gasteiger partial charge in [-0.3, -0.25) is 4.79 Å². The van der Waals surface area contributed by atoms with Crippen LogP contribution in [0, 0.1) is 0 Å². The van der Waals surface area contributed by atoms with Gasteiger partial charge < -0.3 is 9.84 Å². The molecule has 0 amide bonds. The van der Waals surface area contributed by atoms with Crippen LogP contribution < -0.4 is 0 Å². The van der Waals surface area contributed by atoms with Crippen LogP contribution in [0.15, 0.2) is 12.2 Å². The van der Waals surface area contributed by atoms with Crippen molar-refractivity contribution < 1.29 is 19.4 Å². The van der Waals surface area contributed by atoms with E-state index in [0.29, 0.717) is 6.61 Å². The molecule has 0 heterocycles. The number of hydrogen-bond donors (Lipinski definition) is 1. The Morgan fingerprint density at radius 3 is 2.42 bits per heavy atom. The summed E-state index contributed by atoms with van der Waals surface area (Å²) in [6.45, 7) is 5.30. The van der Waals surface area contributed by atoms with Gasteiger partial charge in [0.15, 0.2) is 0 Å². The molecule has 4 nitrogen and oxygen atoms in total. The molecule has 0 radical (unpaired) electrons. The van der Waals surface area contributed by atoms with Crippen molar-refractivity contribution in [2.45, 2.75) is 19.8 Å². The van der Waals surface area contributed by atoms with Gasteiger partial charge in [-0.05, 0) is 13.3 Å². The van der Waals surface area contributed by atoms with Crippen LogP contribution in [0.3, 0.4) is 0 Å². The fraction of sp³-hybridized carbons (Fsp3) is 0.500. The first-order valence-corrected chi connectivity index (χ1v) is 3.64. The van der Waals surface area contributed by atoms with Crippen LogP contribution in [0.4, 0.5) is 0 Å². The average molecular weight is 172 g/mol. The topological polar surface area (TPSA) is 63.6 Å². The summed E-state index contributed by atoms with van der Waals surface area (Å²) in [6.07, 6.45) is 0.229. The van der Waals surface area contributed by atoms with Crippen LogP contribution in [-0.4, -0.2) is 23.7 Å². The van der Waals surface area contributed by atoms with Crippen LogP contribution in [0.2, 0.25) is 0 Å². The molecule has 0 aromatic carbocycles. The molecule has 68 valence electrons. The molecular formula is C8H12O4. The van der Waals surface area contributed by atoms with E-state index in [1.807, 2.05) is 0 Å². The molecular weight excluding hydrogens is 160 g/mol. The van der Waals surface area contributed by atoms with Gasteiger partial charge in [-0.1, -0.05) is 6.58 Å². The van der Waals surface area contributed by atoms with Crippen molar-refractivity contribution in [3.05, 3.63) is 12.2 Å². The number of carboxylic acids is 1. The fourth-order valence-corrected chi connectivity index (χ4v) is 0.593. The van der Waals surface area contributed by atoms with Gasteiger partial charge in [0.2, 0.25) is 0 Å². The molecule has 0 aliphatic rings. The minimum absolute atomic E-state index is 0.0306. The first kappa shape index (κ1) is 10.7. The summed E-state index contributed by atoms with van der Waals surface area (Å²) in [5.41, 5.74) is 0.0306. The first-order valence-electron chi connectivity index (χ1n) is 3.64. The maximum absolute atomic E-state index is 10.7. The maximum atomic E-state index is 10.7. The largest absolute Gasteiger partial charge is 0.478 e. The van der Waals surface area contributed by atoms with E-state index in [1.54, 1.807) is 6.92 Å². The Bertz CT molecular complexity index is 195. The van der Waals surface area contributed by atoms with Crippen molar-refractivity contribution >= 4 is 11.9 Å². The van der Waals surface area contributed by atoms with Gasteiger partial charge >= 0.3 is 11.9 Å². The molecule has 0 spiro atoms. The molecule has 0 unspecified atom stereocenters. The maximum Gasteiger partial charge on any atom is 0.330 e. The minimum atomic E-state index is -1.07. The quantitative estimate of drug-likeness (QED) is 0.495. The number of rotatable bonds is 5. The van der Waals surface area contributed by atoms with E-state index in [0.717, 1.165) is 0 Å². The summed E-state index contributed by atoms with van der Waals surface area (Å²) < 4.78 is 4.60. The van der Waals surface area contributed by atoms with Crippen LogP contribution in [0.5, 0.6) is 0 Å². The molecule has 0 aromatic rings. The van der Waals surface area contributed by atoms with Crippen LogP contribution >= 0.6 is 0 Å². The molecule has 0 bridgehead atoms. The Hall–Kier alpha value is -1.32. The highest BCUT2D eigenvalue weighted by Crippen LogP contribution is 2.03. The molecule has 0 rings (SSSR count). The minimum Gasteiger partial charge on any atom is -0.478 e. The van der Waals surface area contributed by atoms with Crippen molar-refractivity contribution in [2.24, 2.45) is 0 Å². The number of aliphatic carboxylic acids is 1. The standard InChI is InChI=1S/C8H12O4/c1-3-12-7(9)5-4-6(2)8(10)11/h2-5H2,1H3,(H,10,11). The zero-order chi connectivity index (χ0) is 9.56. The normalized spacial score (nSPS) is 9.08. The molecule has 0 saturated carbocycles. The lowest BCUT2D eigenvalue weighted by Gasteiger charge is -2.00. The second-order valence-corrected chi connectivity index (χ2v) is 2.21. The summed E-state index contributed by atoms with van der Waals surface area (Å²) in [5.74, 6) is -1.46. The number of carbonyl (C=O) groups excluding carboxylic acids is 1. The van der Waals surface area contributed by atoms with E-state index < -0.39 is 5.97 Å². The Labute approximate surface area is 70.8 Å². The van der Waals surface area contributed by atoms with Crippen molar-refractivity contribution in [1.29, 1.82) is 0 Å². The van der Waals surface area contributed by atoms with Crippen LogP contribution in [-0.2, 0) is 14.3 Å². The second-order valence-electron chi connectivity index (χ2n) is 2.21. The van der Waals surface area contributed by atoms with Gasteiger partial charge in [-0.25, -0.2) is 4.79 Å². The molecule has 0 atom stereocenters. The summed E-state index contributed by atoms with van der Waals surface area (Å²) in [4.78, 5) is 20.9. The smallest absolute Gasteiger partial charge is 0.330 e. The monoisotopic (exact) mass is 172 g/mol. The van der Waals surface area contributed by atoms with Gasteiger partial charge in [0, 0.05) is 12.0 Å². The molecule has 0 aliphatic heterocycles. The molecule has 0 saturated heterocycles. The Kier molecular flexibility index (Phi) is 4.76. The number of carbonyl (C=O) groups is 2. The number of ether oxygens (including phenoxy) is 1. The van der Waals surface area contributed by atoms with E-state index in [2.05, 4.69) is 11.3 Å². The summed E-state index contributed by atoms with van der Waals surface area (Å²) in [6, 6.07) is 0. The zero-order valence-corrected chi connectivity index (χ0v) is 7.00. The Morgan fingerprint density at radius 2 is 2.00 bits per heavy atom. The predicted molar refractivity (Wildman–Crippen MR) is 42.6 cm³/mol. The lowest BCUT2D eigenvalue weighted by molar-refractivity contribution is -0.143. The number of carboxylic acid groups (broad SMARTS) is 1. The van der Waals surface area contributed by atoms with E-state index in [1.165, 1.54) is 0 Å². The van der Waals surface area contributed by atoms with Gasteiger partial charge in [0.25, 0.3) is 0 Å². The summed E-state index contributed by atoms with van der Waals surface area (Å²) in [7, 11) is 0. The third kappa shape index (κ3) is 4.49. The molecule has 4 heteroatoms. The van der Waals surface area contributed by atoms with Gasteiger partial charge in [0.1, 0.15) is 0 Å². The highest BCUT2D eigenvalue weighted by molar-refractivity contribution is 5.86. The number of hydrogen-bond acceptors (Lipinski definition) is 3. The van der Waals surface area contributed by atoms with Crippen molar-refractivity contribution in [3.8, 4) is 0 Å². The van der Waals surface area contributed by atoms with Gasteiger partial charge in [0.05, 0.1) is 6.61 Å². The summed E-state index contributed by atoms with van der Waals surface area (Å²) >= 11 is 0. The lowest BCUT2D eigenvalue weighted by atomic mass is 10.2. The SMILES string of the molecule is C=C(CCC(=O)OCC)C(=O)O. The van der Waals surface area contributed by atoms with Gasteiger partial charge in [-0.2, -0.15) is 0 Å². The predicted octanol–water partition coefficient (Wildman–Crippen LogP) is 0.971. The van der Waals surface area contributed by atoms with Crippen LogP contribution in [0.25, 0.3) is 0 Å². The highest BCUT2D eigenvalue weighted by atomic mass is 16.5. The van der Waals surface area contributed by atoms with E-state index in [4.69, 9.17) is 5.11 Å². The molecule has 0 aliphatic carbocycles. The fourth-order valence-electron chi connectivity index (χ4n) is 0.593. The molecule has 12 heavy (non-hydrogen) atoms. The van der Waals surface area contributed by atoms with E-state index in [9.17, 15) is 9.59 Å². The highest BCUT2D eigenvalue weighted by Gasteiger charge is 2.07. The van der Waals surface area contributed by atoms with E-state index >= 15 is 0 Å². The van der Waals surface area contributed by atoms with Crippen LogP contribution in [0.1, 0.15) is 19.8 Å². The van der Waals surface area contributed by atoms with Gasteiger partial charge in [-0.15, -0.1) is 0 Å². The summed E-state index contributed by atoms with van der Waals surface area (Å²) in [5, 5.41) is 8.37. The Morgan fingerprint density at radius 1 is 1.42 bits per heavy atom. The molecule has 0 aromatic heterocycles. The second kappa shape index (κ2) is 5.35.